The lowest BCUT2D eigenvalue weighted by atomic mass is 10.1. The van der Waals surface area contributed by atoms with Gasteiger partial charge in [0.2, 0.25) is 0 Å². The first kappa shape index (κ1) is 20.1. The SMILES string of the molecule is CCc1ccc(/C=C/c2ccc(OCCOCCOCC[18F])cc2)cc1. The molecule has 0 radical (unpaired) electrons. The minimum atomic E-state index is -0.459. The van der Waals surface area contributed by atoms with Crippen LogP contribution in [0.4, 0.5) is 4.39 Å². The first-order valence-electron chi connectivity index (χ1n) is 9.03. The molecule has 0 saturated carbocycles. The van der Waals surface area contributed by atoms with Gasteiger partial charge in [-0.15, -0.1) is 0 Å². The molecule has 0 amide bonds. The first-order valence-corrected chi connectivity index (χ1v) is 9.03. The van der Waals surface area contributed by atoms with Crippen molar-refractivity contribution in [3.63, 3.8) is 0 Å². The van der Waals surface area contributed by atoms with Gasteiger partial charge in [0, 0.05) is 0 Å². The molecule has 0 aromatic heterocycles. The van der Waals surface area contributed by atoms with E-state index in [-0.39, 0.29) is 6.61 Å². The van der Waals surface area contributed by atoms with E-state index in [0.717, 1.165) is 17.7 Å². The third kappa shape index (κ3) is 7.81. The second kappa shape index (κ2) is 12.2. The second-order valence-electron chi connectivity index (χ2n) is 5.76. The Morgan fingerprint density at radius 3 is 1.85 bits per heavy atom. The number of hydrogen-bond donors (Lipinski definition) is 0. The molecule has 2 rings (SSSR count). The molecule has 2 aromatic rings. The minimum Gasteiger partial charge on any atom is -0.491 e. The summed E-state index contributed by atoms with van der Waals surface area (Å²) < 4.78 is 27.8. The Kier molecular flexibility index (Phi) is 9.47. The molecule has 0 aliphatic carbocycles. The van der Waals surface area contributed by atoms with Crippen molar-refractivity contribution in [2.45, 2.75) is 13.3 Å². The summed E-state index contributed by atoms with van der Waals surface area (Å²) in [6, 6.07) is 16.5. The van der Waals surface area contributed by atoms with E-state index in [0.29, 0.717) is 26.4 Å². The summed E-state index contributed by atoms with van der Waals surface area (Å²) >= 11 is 0. The third-order valence-electron chi connectivity index (χ3n) is 3.83. The van der Waals surface area contributed by atoms with Gasteiger partial charge >= 0.3 is 0 Å². The number of alkyl halides is 1. The molecule has 0 heterocycles. The molecule has 0 unspecified atom stereocenters. The molecule has 0 aliphatic rings. The number of rotatable bonds is 12. The molecular weight excluding hydrogens is 330 g/mol. The van der Waals surface area contributed by atoms with E-state index in [1.165, 1.54) is 11.1 Å². The molecule has 0 saturated heterocycles. The fourth-order valence-electron chi connectivity index (χ4n) is 2.33. The van der Waals surface area contributed by atoms with Gasteiger partial charge < -0.3 is 14.2 Å². The predicted octanol–water partition coefficient (Wildman–Crippen LogP) is 4.80. The summed E-state index contributed by atoms with van der Waals surface area (Å²) in [5.41, 5.74) is 3.66. The minimum absolute atomic E-state index is 0.130. The monoisotopic (exact) mass is 357 g/mol. The van der Waals surface area contributed by atoms with Gasteiger partial charge in [-0.25, -0.2) is 4.39 Å². The average molecular weight is 357 g/mol. The molecule has 26 heavy (non-hydrogen) atoms. The molecule has 0 atom stereocenters. The fraction of sp³-hybridized carbons (Fsp3) is 0.364. The van der Waals surface area contributed by atoms with Crippen molar-refractivity contribution in [1.29, 1.82) is 0 Å². The maximum atomic E-state index is 11.8. The molecule has 0 N–H and O–H groups in total. The van der Waals surface area contributed by atoms with Crippen LogP contribution in [0.1, 0.15) is 23.6 Å². The molecule has 0 bridgehead atoms. The van der Waals surface area contributed by atoms with Gasteiger partial charge in [0.25, 0.3) is 0 Å². The topological polar surface area (TPSA) is 27.7 Å². The standard InChI is InChI=1S/C22H27FO3/c1-2-19-3-5-20(6-4-19)7-8-21-9-11-22(12-10-21)26-18-17-25-16-15-24-14-13-23/h3-12H,2,13-18H2,1H3/b8-7+/i23-1. The van der Waals surface area contributed by atoms with Gasteiger partial charge in [-0.1, -0.05) is 55.5 Å². The lowest BCUT2D eigenvalue weighted by Crippen LogP contribution is -2.11. The number of hydrogen-bond acceptors (Lipinski definition) is 3. The van der Waals surface area contributed by atoms with Crippen LogP contribution in [0.2, 0.25) is 0 Å². The van der Waals surface area contributed by atoms with E-state index >= 15 is 0 Å². The highest BCUT2D eigenvalue weighted by molar-refractivity contribution is 5.69. The van der Waals surface area contributed by atoms with Crippen LogP contribution in [0.15, 0.2) is 48.5 Å². The fourth-order valence-corrected chi connectivity index (χ4v) is 2.33. The quantitative estimate of drug-likeness (QED) is 0.403. The van der Waals surface area contributed by atoms with Crippen molar-refractivity contribution >= 4 is 12.2 Å². The number of aryl methyl sites for hydroxylation is 1. The van der Waals surface area contributed by atoms with Gasteiger partial charge in [0.1, 0.15) is 19.0 Å². The summed E-state index contributed by atoms with van der Waals surface area (Å²) in [7, 11) is 0. The summed E-state index contributed by atoms with van der Waals surface area (Å²) in [5.74, 6) is 0.812. The Labute approximate surface area is 155 Å². The lowest BCUT2D eigenvalue weighted by molar-refractivity contribution is 0.0325. The maximum Gasteiger partial charge on any atom is 0.119 e. The summed E-state index contributed by atoms with van der Waals surface area (Å²) in [6.45, 7) is 3.64. The molecular formula is C22H27FO3. The van der Waals surface area contributed by atoms with Crippen molar-refractivity contribution in [3.8, 4) is 5.75 Å². The van der Waals surface area contributed by atoms with E-state index in [1.807, 2.05) is 24.3 Å². The Hall–Kier alpha value is -2.17. The average Bonchev–Trinajstić information content (AvgIpc) is 2.69. The maximum absolute atomic E-state index is 11.8. The number of ether oxygens (including phenoxy) is 3. The molecule has 140 valence electrons. The Bertz CT molecular complexity index is 635. The predicted molar refractivity (Wildman–Crippen MR) is 104 cm³/mol. The molecule has 0 aliphatic heterocycles. The normalized spacial score (nSPS) is 11.2. The van der Waals surface area contributed by atoms with Gasteiger partial charge in [0.15, 0.2) is 0 Å². The molecule has 4 heteroatoms. The smallest absolute Gasteiger partial charge is 0.119 e. The van der Waals surface area contributed by atoms with E-state index in [9.17, 15) is 4.39 Å². The van der Waals surface area contributed by atoms with Crippen LogP contribution in [0.3, 0.4) is 0 Å². The van der Waals surface area contributed by atoms with Crippen LogP contribution in [-0.4, -0.2) is 39.7 Å². The second-order valence-corrected chi connectivity index (χ2v) is 5.76. The van der Waals surface area contributed by atoms with Gasteiger partial charge in [-0.3, -0.25) is 0 Å². The van der Waals surface area contributed by atoms with Crippen molar-refractivity contribution in [3.05, 3.63) is 65.2 Å². The Morgan fingerprint density at radius 2 is 1.27 bits per heavy atom. The van der Waals surface area contributed by atoms with Crippen molar-refractivity contribution in [2.24, 2.45) is 0 Å². The molecule has 0 spiro atoms. The molecule has 3 nitrogen and oxygen atoms in total. The first-order chi connectivity index (χ1) is 12.8. The van der Waals surface area contributed by atoms with Crippen LogP contribution in [0, 0.1) is 0 Å². The molecule has 0 fully saturated rings. The van der Waals surface area contributed by atoms with Crippen molar-refractivity contribution in [1.82, 2.24) is 0 Å². The lowest BCUT2D eigenvalue weighted by Gasteiger charge is -2.07. The van der Waals surface area contributed by atoms with Crippen LogP contribution < -0.4 is 4.74 Å². The van der Waals surface area contributed by atoms with E-state index in [1.54, 1.807) is 0 Å². The number of halogens is 1. The van der Waals surface area contributed by atoms with Crippen LogP contribution >= 0.6 is 0 Å². The van der Waals surface area contributed by atoms with Crippen molar-refractivity contribution < 1.29 is 18.6 Å². The molecule has 2 aromatic carbocycles. The zero-order valence-corrected chi connectivity index (χ0v) is 15.3. The van der Waals surface area contributed by atoms with Gasteiger partial charge in [-0.05, 0) is 35.2 Å². The Morgan fingerprint density at radius 1 is 0.731 bits per heavy atom. The van der Waals surface area contributed by atoms with Crippen molar-refractivity contribution in [2.75, 3.05) is 39.7 Å². The number of benzene rings is 2. The summed E-state index contributed by atoms with van der Waals surface area (Å²) in [6.07, 6.45) is 5.25. The van der Waals surface area contributed by atoms with Crippen LogP contribution in [0.25, 0.3) is 12.2 Å². The zero-order valence-electron chi connectivity index (χ0n) is 15.3. The van der Waals surface area contributed by atoms with E-state index < -0.39 is 6.67 Å². The van der Waals surface area contributed by atoms with Crippen LogP contribution in [0.5, 0.6) is 5.75 Å². The van der Waals surface area contributed by atoms with Gasteiger partial charge in [0.05, 0.1) is 26.4 Å². The highest BCUT2D eigenvalue weighted by atomic mass is 18.2. The Balaban J connectivity index is 1.68. The highest BCUT2D eigenvalue weighted by Gasteiger charge is 1.95. The van der Waals surface area contributed by atoms with Crippen LogP contribution in [-0.2, 0) is 15.9 Å². The highest BCUT2D eigenvalue weighted by Crippen LogP contribution is 2.15. The zero-order chi connectivity index (χ0) is 18.5. The third-order valence-corrected chi connectivity index (χ3v) is 3.83. The van der Waals surface area contributed by atoms with E-state index in [2.05, 4.69) is 43.3 Å². The van der Waals surface area contributed by atoms with E-state index in [4.69, 9.17) is 14.2 Å². The largest absolute Gasteiger partial charge is 0.491 e. The summed E-state index contributed by atoms with van der Waals surface area (Å²) in [4.78, 5) is 0. The summed E-state index contributed by atoms with van der Waals surface area (Å²) in [5, 5.41) is 0. The van der Waals surface area contributed by atoms with Gasteiger partial charge in [-0.2, -0.15) is 0 Å².